The molecular weight excluding hydrogens is 348 g/mol. The summed E-state index contributed by atoms with van der Waals surface area (Å²) in [4.78, 5) is 11.1. The molecule has 0 saturated heterocycles. The number of rotatable bonds is 5. The molecule has 0 fully saturated rings. The zero-order valence-corrected chi connectivity index (χ0v) is 15.3. The second-order valence-electron chi connectivity index (χ2n) is 6.08. The molecule has 2 heterocycles. The SMILES string of the molecule is CN(Cc1cscn1)c1ncc(Br)cc1CNC(C)(C)C. The Morgan fingerprint density at radius 1 is 1.33 bits per heavy atom. The predicted molar refractivity (Wildman–Crippen MR) is 92.8 cm³/mol. The van der Waals surface area contributed by atoms with E-state index in [0.717, 1.165) is 29.1 Å². The molecule has 0 bridgehead atoms. The lowest BCUT2D eigenvalue weighted by atomic mass is 10.1. The van der Waals surface area contributed by atoms with Crippen molar-refractivity contribution in [2.75, 3.05) is 11.9 Å². The Bertz CT molecular complexity index is 578. The van der Waals surface area contributed by atoms with Gasteiger partial charge in [-0.1, -0.05) is 0 Å². The van der Waals surface area contributed by atoms with Crippen LogP contribution in [0.1, 0.15) is 32.0 Å². The van der Waals surface area contributed by atoms with Crippen LogP contribution in [0, 0.1) is 0 Å². The van der Waals surface area contributed by atoms with Crippen molar-refractivity contribution in [3.8, 4) is 0 Å². The van der Waals surface area contributed by atoms with Crippen molar-refractivity contribution in [2.45, 2.75) is 39.4 Å². The highest BCUT2D eigenvalue weighted by Gasteiger charge is 2.14. The maximum Gasteiger partial charge on any atom is 0.133 e. The van der Waals surface area contributed by atoms with Crippen LogP contribution < -0.4 is 10.2 Å². The van der Waals surface area contributed by atoms with Gasteiger partial charge in [-0.25, -0.2) is 9.97 Å². The minimum atomic E-state index is 0.0765. The summed E-state index contributed by atoms with van der Waals surface area (Å²) in [7, 11) is 2.05. The van der Waals surface area contributed by atoms with E-state index in [1.54, 1.807) is 11.3 Å². The first kappa shape index (κ1) is 16.4. The van der Waals surface area contributed by atoms with E-state index in [0.29, 0.717) is 0 Å². The summed E-state index contributed by atoms with van der Waals surface area (Å²) in [5.41, 5.74) is 4.19. The first-order chi connectivity index (χ1) is 9.85. The molecule has 6 heteroatoms. The minimum Gasteiger partial charge on any atom is -0.353 e. The van der Waals surface area contributed by atoms with E-state index < -0.39 is 0 Å². The number of nitrogens with zero attached hydrogens (tertiary/aromatic N) is 3. The molecule has 0 amide bonds. The van der Waals surface area contributed by atoms with Crippen LogP contribution in [0.2, 0.25) is 0 Å². The van der Waals surface area contributed by atoms with Crippen molar-refractivity contribution in [1.82, 2.24) is 15.3 Å². The minimum absolute atomic E-state index is 0.0765. The Morgan fingerprint density at radius 2 is 2.10 bits per heavy atom. The Morgan fingerprint density at radius 3 is 2.71 bits per heavy atom. The van der Waals surface area contributed by atoms with Crippen molar-refractivity contribution >= 4 is 33.1 Å². The molecule has 4 nitrogen and oxygen atoms in total. The van der Waals surface area contributed by atoms with Crippen molar-refractivity contribution in [3.05, 3.63) is 38.9 Å². The molecule has 2 aromatic rings. The lowest BCUT2D eigenvalue weighted by Crippen LogP contribution is -2.35. The van der Waals surface area contributed by atoms with Gasteiger partial charge in [-0.15, -0.1) is 11.3 Å². The largest absolute Gasteiger partial charge is 0.353 e. The van der Waals surface area contributed by atoms with Gasteiger partial charge in [-0.05, 0) is 42.8 Å². The monoisotopic (exact) mass is 368 g/mol. The van der Waals surface area contributed by atoms with E-state index in [1.807, 2.05) is 11.7 Å². The van der Waals surface area contributed by atoms with Gasteiger partial charge in [0, 0.05) is 40.7 Å². The lowest BCUT2D eigenvalue weighted by Gasteiger charge is -2.24. The van der Waals surface area contributed by atoms with Crippen molar-refractivity contribution in [3.63, 3.8) is 0 Å². The van der Waals surface area contributed by atoms with E-state index in [2.05, 4.69) is 75.4 Å². The highest BCUT2D eigenvalue weighted by atomic mass is 79.9. The molecule has 114 valence electrons. The first-order valence-corrected chi connectivity index (χ1v) is 8.56. The molecule has 0 aliphatic carbocycles. The fourth-order valence-electron chi connectivity index (χ4n) is 1.94. The first-order valence-electron chi connectivity index (χ1n) is 6.83. The molecule has 1 N–H and O–H groups in total. The number of pyridine rings is 1. The number of nitrogens with one attached hydrogen (secondary N) is 1. The van der Waals surface area contributed by atoms with Crippen LogP contribution in [0.4, 0.5) is 5.82 Å². The molecular formula is C15H21BrN4S. The van der Waals surface area contributed by atoms with Gasteiger partial charge in [0.1, 0.15) is 5.82 Å². The molecule has 21 heavy (non-hydrogen) atoms. The van der Waals surface area contributed by atoms with Gasteiger partial charge < -0.3 is 10.2 Å². The summed E-state index contributed by atoms with van der Waals surface area (Å²) in [6.45, 7) is 8.04. The molecule has 2 aromatic heterocycles. The zero-order chi connectivity index (χ0) is 15.5. The van der Waals surface area contributed by atoms with Crippen LogP contribution in [0.3, 0.4) is 0 Å². The van der Waals surface area contributed by atoms with Crippen LogP contribution in [0.25, 0.3) is 0 Å². The highest BCUT2D eigenvalue weighted by Crippen LogP contribution is 2.22. The summed E-state index contributed by atoms with van der Waals surface area (Å²) >= 11 is 5.13. The van der Waals surface area contributed by atoms with E-state index in [4.69, 9.17) is 0 Å². The average molecular weight is 369 g/mol. The Labute approximate surface area is 138 Å². The summed E-state index contributed by atoms with van der Waals surface area (Å²) in [6.07, 6.45) is 1.84. The van der Waals surface area contributed by atoms with Gasteiger partial charge >= 0.3 is 0 Å². The summed E-state index contributed by atoms with van der Waals surface area (Å²) < 4.78 is 0.999. The second-order valence-corrected chi connectivity index (χ2v) is 7.71. The van der Waals surface area contributed by atoms with Crippen LogP contribution in [-0.4, -0.2) is 22.6 Å². The van der Waals surface area contributed by atoms with Gasteiger partial charge in [-0.3, -0.25) is 0 Å². The van der Waals surface area contributed by atoms with E-state index in [9.17, 15) is 0 Å². The summed E-state index contributed by atoms with van der Waals surface area (Å²) in [6, 6.07) is 2.12. The fraction of sp³-hybridized carbons (Fsp3) is 0.467. The number of thiazole rings is 1. The predicted octanol–water partition coefficient (Wildman–Crippen LogP) is 3.83. The van der Waals surface area contributed by atoms with E-state index >= 15 is 0 Å². The number of hydrogen-bond acceptors (Lipinski definition) is 5. The quantitative estimate of drug-likeness (QED) is 0.870. The number of hydrogen-bond donors (Lipinski definition) is 1. The molecule has 0 aliphatic heterocycles. The normalized spacial score (nSPS) is 11.7. The smallest absolute Gasteiger partial charge is 0.133 e. The van der Waals surface area contributed by atoms with Crippen molar-refractivity contribution < 1.29 is 0 Å². The molecule has 0 saturated carbocycles. The molecule has 0 unspecified atom stereocenters. The van der Waals surface area contributed by atoms with E-state index in [-0.39, 0.29) is 5.54 Å². The van der Waals surface area contributed by atoms with E-state index in [1.165, 1.54) is 5.56 Å². The number of halogens is 1. The Kier molecular flexibility index (Phi) is 5.35. The van der Waals surface area contributed by atoms with Gasteiger partial charge in [0.15, 0.2) is 0 Å². The summed E-state index contributed by atoms with van der Waals surface area (Å²) in [5.74, 6) is 0.989. The highest BCUT2D eigenvalue weighted by molar-refractivity contribution is 9.10. The molecule has 0 aliphatic rings. The van der Waals surface area contributed by atoms with Crippen molar-refractivity contribution in [2.24, 2.45) is 0 Å². The van der Waals surface area contributed by atoms with Gasteiger partial charge in [0.05, 0.1) is 17.7 Å². The van der Waals surface area contributed by atoms with Crippen LogP contribution in [-0.2, 0) is 13.1 Å². The third kappa shape index (κ3) is 5.05. The molecule has 0 atom stereocenters. The number of anilines is 1. The van der Waals surface area contributed by atoms with Gasteiger partial charge in [-0.2, -0.15) is 0 Å². The standard InChI is InChI=1S/C15H21BrN4S/c1-15(2,3)19-6-11-5-12(16)7-17-14(11)20(4)8-13-9-21-10-18-13/h5,7,9-10,19H,6,8H2,1-4H3. The molecule has 2 rings (SSSR count). The van der Waals surface area contributed by atoms with Crippen LogP contribution in [0.15, 0.2) is 27.6 Å². The van der Waals surface area contributed by atoms with Crippen LogP contribution in [0.5, 0.6) is 0 Å². The third-order valence-corrected chi connectivity index (χ3v) is 4.03. The average Bonchev–Trinajstić information content (AvgIpc) is 2.88. The zero-order valence-electron chi connectivity index (χ0n) is 12.9. The molecule has 0 spiro atoms. The Balaban J connectivity index is 2.17. The fourth-order valence-corrected chi connectivity index (χ4v) is 2.87. The topological polar surface area (TPSA) is 41.1 Å². The van der Waals surface area contributed by atoms with Crippen LogP contribution >= 0.6 is 27.3 Å². The third-order valence-electron chi connectivity index (χ3n) is 2.96. The second kappa shape index (κ2) is 6.85. The molecule has 0 aromatic carbocycles. The van der Waals surface area contributed by atoms with Gasteiger partial charge in [0.2, 0.25) is 0 Å². The maximum absolute atomic E-state index is 4.57. The van der Waals surface area contributed by atoms with Crippen molar-refractivity contribution in [1.29, 1.82) is 0 Å². The van der Waals surface area contributed by atoms with Gasteiger partial charge in [0.25, 0.3) is 0 Å². The molecule has 0 radical (unpaired) electrons. The maximum atomic E-state index is 4.57. The Hall–Kier alpha value is -0.980. The number of aromatic nitrogens is 2. The summed E-state index contributed by atoms with van der Waals surface area (Å²) in [5, 5.41) is 5.59. The lowest BCUT2D eigenvalue weighted by molar-refractivity contribution is 0.424.